The molecule has 118 valence electrons. The van der Waals surface area contributed by atoms with Crippen LogP contribution in [0.1, 0.15) is 34.6 Å². The van der Waals surface area contributed by atoms with Gasteiger partial charge in [-0.1, -0.05) is 0 Å². The molecule has 5 nitrogen and oxygen atoms in total. The average molecular weight is 308 g/mol. The molecule has 0 saturated carbocycles. The lowest BCUT2D eigenvalue weighted by Gasteiger charge is -2.14. The molecule has 0 aliphatic heterocycles. The first-order chi connectivity index (χ1) is 11.1. The van der Waals surface area contributed by atoms with Crippen LogP contribution in [0.5, 0.6) is 0 Å². The maximum Gasteiger partial charge on any atom is 0.251 e. The van der Waals surface area contributed by atoms with Crippen molar-refractivity contribution in [2.45, 2.75) is 19.9 Å². The Balaban J connectivity index is 1.72. The van der Waals surface area contributed by atoms with Gasteiger partial charge in [0.25, 0.3) is 5.91 Å². The number of hydrogen-bond donors (Lipinski definition) is 1. The average Bonchev–Trinajstić information content (AvgIpc) is 3.19. The first-order valence-electron chi connectivity index (χ1n) is 7.59. The van der Waals surface area contributed by atoms with Crippen LogP contribution in [0, 0.1) is 6.92 Å². The Morgan fingerprint density at radius 1 is 1.17 bits per heavy atom. The van der Waals surface area contributed by atoms with E-state index in [2.05, 4.69) is 10.4 Å². The number of rotatable bonds is 4. The molecule has 0 bridgehead atoms. The molecule has 1 atom stereocenters. The van der Waals surface area contributed by atoms with Crippen molar-refractivity contribution in [2.75, 3.05) is 0 Å². The van der Waals surface area contributed by atoms with E-state index in [0.717, 1.165) is 16.9 Å². The maximum atomic E-state index is 12.4. The summed E-state index contributed by atoms with van der Waals surface area (Å²) in [6.07, 6.45) is 5.75. The van der Waals surface area contributed by atoms with Gasteiger partial charge in [-0.25, -0.2) is 0 Å². The van der Waals surface area contributed by atoms with Crippen molar-refractivity contribution in [1.29, 1.82) is 0 Å². The number of amides is 1. The molecule has 1 N–H and O–H groups in total. The van der Waals surface area contributed by atoms with E-state index in [0.29, 0.717) is 5.56 Å². The maximum absolute atomic E-state index is 12.4. The summed E-state index contributed by atoms with van der Waals surface area (Å²) in [5.41, 5.74) is 3.77. The van der Waals surface area contributed by atoms with Gasteiger partial charge < -0.3 is 9.88 Å². The van der Waals surface area contributed by atoms with Crippen LogP contribution in [0.2, 0.25) is 0 Å². The smallest absolute Gasteiger partial charge is 0.251 e. The topological polar surface area (TPSA) is 51.9 Å². The summed E-state index contributed by atoms with van der Waals surface area (Å²) < 4.78 is 3.81. The van der Waals surface area contributed by atoms with Crippen molar-refractivity contribution >= 4 is 5.91 Å². The molecule has 1 amide bonds. The van der Waals surface area contributed by atoms with Crippen LogP contribution in [-0.2, 0) is 7.05 Å². The molecule has 0 radical (unpaired) electrons. The zero-order valence-electron chi connectivity index (χ0n) is 13.5. The fourth-order valence-electron chi connectivity index (χ4n) is 2.59. The minimum atomic E-state index is -0.0835. The first kappa shape index (κ1) is 15.1. The van der Waals surface area contributed by atoms with E-state index in [1.807, 2.05) is 78.9 Å². The number of aryl methyl sites for hydroxylation is 1. The fraction of sp³-hybridized carbons (Fsp3) is 0.222. The first-order valence-corrected chi connectivity index (χ1v) is 7.59. The van der Waals surface area contributed by atoms with E-state index in [1.54, 1.807) is 6.20 Å². The molecule has 3 aromatic rings. The molecule has 2 aromatic heterocycles. The molecule has 0 aliphatic carbocycles. The van der Waals surface area contributed by atoms with E-state index in [4.69, 9.17) is 0 Å². The van der Waals surface area contributed by atoms with Crippen LogP contribution in [0.3, 0.4) is 0 Å². The van der Waals surface area contributed by atoms with E-state index >= 15 is 0 Å². The number of carbonyl (C=O) groups excluding carboxylic acids is 1. The summed E-state index contributed by atoms with van der Waals surface area (Å²) >= 11 is 0. The second kappa shape index (κ2) is 6.12. The number of carbonyl (C=O) groups is 1. The van der Waals surface area contributed by atoms with Crippen molar-refractivity contribution in [3.63, 3.8) is 0 Å². The van der Waals surface area contributed by atoms with E-state index < -0.39 is 0 Å². The molecule has 0 aliphatic rings. The largest absolute Gasteiger partial charge is 0.345 e. The van der Waals surface area contributed by atoms with Crippen molar-refractivity contribution < 1.29 is 4.79 Å². The summed E-state index contributed by atoms with van der Waals surface area (Å²) in [5, 5.41) is 7.24. The van der Waals surface area contributed by atoms with Gasteiger partial charge in [-0.3, -0.25) is 9.48 Å². The molecular formula is C18H20N4O. The molecule has 0 saturated heterocycles. The zero-order valence-corrected chi connectivity index (χ0v) is 13.5. The monoisotopic (exact) mass is 308 g/mol. The predicted octanol–water partition coefficient (Wildman–Crippen LogP) is 3.01. The normalized spacial score (nSPS) is 12.1. The molecule has 1 unspecified atom stereocenters. The van der Waals surface area contributed by atoms with Gasteiger partial charge in [-0.15, -0.1) is 0 Å². The number of benzene rings is 1. The third-order valence-corrected chi connectivity index (χ3v) is 4.12. The Morgan fingerprint density at radius 3 is 2.39 bits per heavy atom. The van der Waals surface area contributed by atoms with Crippen molar-refractivity contribution in [2.24, 2.45) is 7.05 Å². The molecule has 23 heavy (non-hydrogen) atoms. The third-order valence-electron chi connectivity index (χ3n) is 4.12. The van der Waals surface area contributed by atoms with Crippen LogP contribution in [-0.4, -0.2) is 20.3 Å². The Hall–Kier alpha value is -2.82. The van der Waals surface area contributed by atoms with Gasteiger partial charge in [0, 0.05) is 41.9 Å². The Labute approximate surface area is 135 Å². The van der Waals surface area contributed by atoms with Gasteiger partial charge in [0.05, 0.1) is 12.2 Å². The molecule has 0 fully saturated rings. The SMILES string of the molecule is Cc1c(C(C)NC(=O)c2ccc(-n3cccc3)cc2)cnn1C. The van der Waals surface area contributed by atoms with Gasteiger partial charge in [-0.05, 0) is 50.2 Å². The van der Waals surface area contributed by atoms with Gasteiger partial charge in [0.2, 0.25) is 0 Å². The summed E-state index contributed by atoms with van der Waals surface area (Å²) in [7, 11) is 1.90. The van der Waals surface area contributed by atoms with Gasteiger partial charge >= 0.3 is 0 Å². The number of nitrogens with zero attached hydrogens (tertiary/aromatic N) is 3. The molecule has 1 aromatic carbocycles. The molecule has 2 heterocycles. The standard InChI is InChI=1S/C18H20N4O/c1-13(17-12-19-21(3)14(17)2)20-18(23)15-6-8-16(9-7-15)22-10-4-5-11-22/h4-13H,1-3H3,(H,20,23). The van der Waals surface area contributed by atoms with Crippen LogP contribution >= 0.6 is 0 Å². The van der Waals surface area contributed by atoms with Gasteiger partial charge in [0.15, 0.2) is 0 Å². The third kappa shape index (κ3) is 3.04. The number of hydrogen-bond acceptors (Lipinski definition) is 2. The fourth-order valence-corrected chi connectivity index (χ4v) is 2.59. The van der Waals surface area contributed by atoms with Crippen molar-refractivity contribution in [1.82, 2.24) is 19.7 Å². The summed E-state index contributed by atoms with van der Waals surface area (Å²) in [4.78, 5) is 12.4. The van der Waals surface area contributed by atoms with E-state index in [-0.39, 0.29) is 11.9 Å². The number of nitrogens with one attached hydrogen (secondary N) is 1. The summed E-state index contributed by atoms with van der Waals surface area (Å²) in [5.74, 6) is -0.0835. The molecule has 0 spiro atoms. The Kier molecular flexibility index (Phi) is 4.02. The highest BCUT2D eigenvalue weighted by molar-refractivity contribution is 5.94. The highest BCUT2D eigenvalue weighted by Crippen LogP contribution is 2.17. The minimum absolute atomic E-state index is 0.0830. The molecule has 3 rings (SSSR count). The van der Waals surface area contributed by atoms with Crippen LogP contribution in [0.4, 0.5) is 0 Å². The highest BCUT2D eigenvalue weighted by atomic mass is 16.1. The second-order valence-corrected chi connectivity index (χ2v) is 5.64. The van der Waals surface area contributed by atoms with Crippen molar-refractivity contribution in [3.8, 4) is 5.69 Å². The van der Waals surface area contributed by atoms with Crippen LogP contribution in [0.15, 0.2) is 55.0 Å². The van der Waals surface area contributed by atoms with Crippen LogP contribution < -0.4 is 5.32 Å². The minimum Gasteiger partial charge on any atom is -0.345 e. The Bertz CT molecular complexity index is 800. The van der Waals surface area contributed by atoms with Crippen LogP contribution in [0.25, 0.3) is 5.69 Å². The quantitative estimate of drug-likeness (QED) is 0.805. The lowest BCUT2D eigenvalue weighted by Crippen LogP contribution is -2.26. The zero-order chi connectivity index (χ0) is 16.4. The van der Waals surface area contributed by atoms with Crippen molar-refractivity contribution in [3.05, 3.63) is 71.8 Å². The van der Waals surface area contributed by atoms with E-state index in [9.17, 15) is 4.79 Å². The molecule has 5 heteroatoms. The van der Waals surface area contributed by atoms with Gasteiger partial charge in [0.1, 0.15) is 0 Å². The Morgan fingerprint density at radius 2 is 1.83 bits per heavy atom. The lowest BCUT2D eigenvalue weighted by atomic mass is 10.1. The predicted molar refractivity (Wildman–Crippen MR) is 89.6 cm³/mol. The van der Waals surface area contributed by atoms with Gasteiger partial charge in [-0.2, -0.15) is 5.10 Å². The summed E-state index contributed by atoms with van der Waals surface area (Å²) in [6.45, 7) is 3.97. The lowest BCUT2D eigenvalue weighted by molar-refractivity contribution is 0.0940. The number of aromatic nitrogens is 3. The summed E-state index contributed by atoms with van der Waals surface area (Å²) in [6, 6.07) is 11.4. The van der Waals surface area contributed by atoms with E-state index in [1.165, 1.54) is 0 Å². The second-order valence-electron chi connectivity index (χ2n) is 5.64. The molecular weight excluding hydrogens is 288 g/mol. The highest BCUT2D eigenvalue weighted by Gasteiger charge is 2.15.